The fourth-order valence-electron chi connectivity index (χ4n) is 1.30. The fourth-order valence-corrected chi connectivity index (χ4v) is 1.30. The molecule has 0 aromatic carbocycles. The van der Waals surface area contributed by atoms with E-state index in [1.54, 1.807) is 7.11 Å². The lowest BCUT2D eigenvalue weighted by molar-refractivity contribution is -0.0128. The Bertz CT molecular complexity index is 340. The van der Waals surface area contributed by atoms with Crippen molar-refractivity contribution in [3.8, 4) is 0 Å². The van der Waals surface area contributed by atoms with Crippen molar-refractivity contribution in [2.24, 2.45) is 0 Å². The Hall–Kier alpha value is -1.13. The van der Waals surface area contributed by atoms with Gasteiger partial charge in [0.05, 0.1) is 17.9 Å². The molecule has 0 spiro atoms. The minimum Gasteiger partial charge on any atom is -0.379 e. The Morgan fingerprint density at radius 1 is 1.35 bits per heavy atom. The SMILES string of the molecule is CNc1cccc(COCCC(C)(C)OC)n1. The van der Waals surface area contributed by atoms with Crippen molar-refractivity contribution in [2.45, 2.75) is 32.5 Å². The Morgan fingerprint density at radius 3 is 2.76 bits per heavy atom. The van der Waals surface area contributed by atoms with Crippen LogP contribution >= 0.6 is 0 Å². The average molecular weight is 238 g/mol. The van der Waals surface area contributed by atoms with Gasteiger partial charge in [-0.3, -0.25) is 0 Å². The highest BCUT2D eigenvalue weighted by molar-refractivity contribution is 5.33. The highest BCUT2D eigenvalue weighted by atomic mass is 16.5. The van der Waals surface area contributed by atoms with E-state index in [-0.39, 0.29) is 5.60 Å². The number of anilines is 1. The normalized spacial score (nSPS) is 11.5. The lowest BCUT2D eigenvalue weighted by Gasteiger charge is -2.22. The average Bonchev–Trinajstić information content (AvgIpc) is 2.35. The third-order valence-corrected chi connectivity index (χ3v) is 2.71. The molecule has 4 heteroatoms. The van der Waals surface area contributed by atoms with Crippen LogP contribution in [0.15, 0.2) is 18.2 Å². The molecule has 17 heavy (non-hydrogen) atoms. The number of nitrogens with zero attached hydrogens (tertiary/aromatic N) is 1. The molecular formula is C13H22N2O2. The van der Waals surface area contributed by atoms with Crippen LogP contribution in [0, 0.1) is 0 Å². The Balaban J connectivity index is 2.31. The molecule has 0 unspecified atom stereocenters. The van der Waals surface area contributed by atoms with Crippen molar-refractivity contribution in [3.63, 3.8) is 0 Å². The van der Waals surface area contributed by atoms with Crippen LogP contribution in [0.25, 0.3) is 0 Å². The van der Waals surface area contributed by atoms with Gasteiger partial charge in [0, 0.05) is 20.8 Å². The van der Waals surface area contributed by atoms with E-state index < -0.39 is 0 Å². The fraction of sp³-hybridized carbons (Fsp3) is 0.615. The van der Waals surface area contributed by atoms with Crippen LogP contribution in [0.5, 0.6) is 0 Å². The molecule has 0 atom stereocenters. The standard InChI is InChI=1S/C13H22N2O2/c1-13(2,16-4)8-9-17-10-11-6-5-7-12(14-3)15-11/h5-7H,8-10H2,1-4H3,(H,14,15). The van der Waals surface area contributed by atoms with Gasteiger partial charge >= 0.3 is 0 Å². The first-order chi connectivity index (χ1) is 8.07. The van der Waals surface area contributed by atoms with E-state index in [0.29, 0.717) is 13.2 Å². The second-order valence-corrected chi connectivity index (χ2v) is 4.53. The van der Waals surface area contributed by atoms with Crippen LogP contribution in [-0.4, -0.2) is 31.3 Å². The molecule has 0 saturated carbocycles. The summed E-state index contributed by atoms with van der Waals surface area (Å²) in [7, 11) is 3.58. The molecule has 0 saturated heterocycles. The summed E-state index contributed by atoms with van der Waals surface area (Å²) in [6.07, 6.45) is 0.870. The second kappa shape index (κ2) is 6.57. The van der Waals surface area contributed by atoms with Gasteiger partial charge in [-0.25, -0.2) is 4.98 Å². The Kier molecular flexibility index (Phi) is 5.38. The third-order valence-electron chi connectivity index (χ3n) is 2.71. The quantitative estimate of drug-likeness (QED) is 0.741. The number of methoxy groups -OCH3 is 1. The zero-order chi connectivity index (χ0) is 12.7. The van der Waals surface area contributed by atoms with Crippen molar-refractivity contribution < 1.29 is 9.47 Å². The molecule has 1 rings (SSSR count). The number of hydrogen-bond donors (Lipinski definition) is 1. The smallest absolute Gasteiger partial charge is 0.126 e. The first-order valence-corrected chi connectivity index (χ1v) is 5.84. The second-order valence-electron chi connectivity index (χ2n) is 4.53. The van der Waals surface area contributed by atoms with Crippen molar-refractivity contribution in [1.82, 2.24) is 4.98 Å². The summed E-state index contributed by atoms with van der Waals surface area (Å²) >= 11 is 0. The van der Waals surface area contributed by atoms with E-state index in [1.807, 2.05) is 25.2 Å². The van der Waals surface area contributed by atoms with Crippen LogP contribution in [0.3, 0.4) is 0 Å². The van der Waals surface area contributed by atoms with Gasteiger partial charge in [-0.05, 0) is 32.4 Å². The maximum atomic E-state index is 5.59. The summed E-state index contributed by atoms with van der Waals surface area (Å²) in [6, 6.07) is 5.86. The van der Waals surface area contributed by atoms with Crippen LogP contribution in [0.1, 0.15) is 26.0 Å². The van der Waals surface area contributed by atoms with Gasteiger partial charge in [0.1, 0.15) is 5.82 Å². The van der Waals surface area contributed by atoms with Gasteiger partial charge in [0.25, 0.3) is 0 Å². The van der Waals surface area contributed by atoms with Gasteiger partial charge < -0.3 is 14.8 Å². The molecule has 1 aromatic rings. The third kappa shape index (κ3) is 5.15. The molecule has 0 radical (unpaired) electrons. The van der Waals surface area contributed by atoms with Gasteiger partial charge in [0.2, 0.25) is 0 Å². The molecule has 0 aliphatic heterocycles. The molecule has 0 amide bonds. The molecule has 1 heterocycles. The summed E-state index contributed by atoms with van der Waals surface area (Å²) in [5.41, 5.74) is 0.812. The minimum absolute atomic E-state index is 0.125. The molecule has 0 aliphatic rings. The predicted octanol–water partition coefficient (Wildman–Crippen LogP) is 2.46. The highest BCUT2D eigenvalue weighted by Crippen LogP contribution is 2.13. The largest absolute Gasteiger partial charge is 0.379 e. The van der Waals surface area contributed by atoms with E-state index in [9.17, 15) is 0 Å². The molecule has 4 nitrogen and oxygen atoms in total. The summed E-state index contributed by atoms with van der Waals surface area (Å²) in [5, 5.41) is 3.00. The van der Waals surface area contributed by atoms with E-state index in [4.69, 9.17) is 9.47 Å². The Morgan fingerprint density at radius 2 is 2.12 bits per heavy atom. The number of pyridine rings is 1. The van der Waals surface area contributed by atoms with E-state index in [2.05, 4.69) is 24.1 Å². The molecule has 0 aliphatic carbocycles. The zero-order valence-corrected chi connectivity index (χ0v) is 11.1. The summed E-state index contributed by atoms with van der Waals surface area (Å²) in [5.74, 6) is 0.864. The number of ether oxygens (including phenoxy) is 2. The van der Waals surface area contributed by atoms with Gasteiger partial charge in [-0.1, -0.05) is 6.07 Å². The minimum atomic E-state index is -0.125. The maximum absolute atomic E-state index is 5.59. The van der Waals surface area contributed by atoms with Crippen molar-refractivity contribution in [1.29, 1.82) is 0 Å². The van der Waals surface area contributed by atoms with Crippen molar-refractivity contribution in [2.75, 3.05) is 26.1 Å². The van der Waals surface area contributed by atoms with Crippen LogP contribution in [-0.2, 0) is 16.1 Å². The highest BCUT2D eigenvalue weighted by Gasteiger charge is 2.15. The number of rotatable bonds is 7. The molecule has 0 fully saturated rings. The summed E-state index contributed by atoms with van der Waals surface area (Å²) < 4.78 is 10.9. The van der Waals surface area contributed by atoms with Crippen molar-refractivity contribution >= 4 is 5.82 Å². The predicted molar refractivity (Wildman–Crippen MR) is 69.1 cm³/mol. The lowest BCUT2D eigenvalue weighted by atomic mass is 10.1. The first-order valence-electron chi connectivity index (χ1n) is 5.84. The molecule has 96 valence electrons. The van der Waals surface area contributed by atoms with Gasteiger partial charge in [0.15, 0.2) is 0 Å². The zero-order valence-electron chi connectivity index (χ0n) is 11.1. The van der Waals surface area contributed by atoms with Crippen molar-refractivity contribution in [3.05, 3.63) is 23.9 Å². The number of aromatic nitrogens is 1. The lowest BCUT2D eigenvalue weighted by Crippen LogP contribution is -2.24. The molecule has 1 aromatic heterocycles. The van der Waals surface area contributed by atoms with E-state index >= 15 is 0 Å². The maximum Gasteiger partial charge on any atom is 0.126 e. The van der Waals surface area contributed by atoms with Crippen LogP contribution in [0.4, 0.5) is 5.82 Å². The molecule has 0 bridgehead atoms. The number of nitrogens with one attached hydrogen (secondary N) is 1. The van der Waals surface area contributed by atoms with Crippen LogP contribution < -0.4 is 5.32 Å². The topological polar surface area (TPSA) is 43.4 Å². The summed E-state index contributed by atoms with van der Waals surface area (Å²) in [6.45, 7) is 5.31. The van der Waals surface area contributed by atoms with E-state index in [0.717, 1.165) is 17.9 Å². The monoisotopic (exact) mass is 238 g/mol. The summed E-state index contributed by atoms with van der Waals surface area (Å²) in [4.78, 5) is 4.38. The number of hydrogen-bond acceptors (Lipinski definition) is 4. The van der Waals surface area contributed by atoms with Crippen LogP contribution in [0.2, 0.25) is 0 Å². The molecular weight excluding hydrogens is 216 g/mol. The van der Waals surface area contributed by atoms with Gasteiger partial charge in [-0.2, -0.15) is 0 Å². The molecule has 1 N–H and O–H groups in total. The van der Waals surface area contributed by atoms with Gasteiger partial charge in [-0.15, -0.1) is 0 Å². The van der Waals surface area contributed by atoms with E-state index in [1.165, 1.54) is 0 Å². The Labute approximate surface area is 103 Å². The first kappa shape index (κ1) is 13.9.